The molecule has 2 aromatic rings. The number of sulfonamides is 1. The van der Waals surface area contributed by atoms with Gasteiger partial charge in [-0.1, -0.05) is 12.1 Å². The molecule has 27 heavy (non-hydrogen) atoms. The van der Waals surface area contributed by atoms with Gasteiger partial charge in [0.05, 0.1) is 17.5 Å². The number of amides is 1. The molecule has 0 radical (unpaired) electrons. The Kier molecular flexibility index (Phi) is 6.70. The topological polar surface area (TPSA) is 102 Å². The van der Waals surface area contributed by atoms with Crippen molar-refractivity contribution in [1.82, 2.24) is 4.72 Å². The number of carbonyl (C=O) groups is 2. The summed E-state index contributed by atoms with van der Waals surface area (Å²) in [6.07, 6.45) is 0. The molecule has 1 atom stereocenters. The molecule has 144 valence electrons. The van der Waals surface area contributed by atoms with Crippen LogP contribution < -0.4 is 14.8 Å². The van der Waals surface area contributed by atoms with E-state index >= 15 is 0 Å². The maximum atomic E-state index is 12.4. The van der Waals surface area contributed by atoms with E-state index in [2.05, 4.69) is 10.0 Å². The predicted molar refractivity (Wildman–Crippen MR) is 102 cm³/mol. The van der Waals surface area contributed by atoms with Crippen LogP contribution in [0.5, 0.6) is 5.75 Å². The van der Waals surface area contributed by atoms with Crippen molar-refractivity contribution in [3.8, 4) is 5.75 Å². The van der Waals surface area contributed by atoms with Crippen LogP contribution >= 0.6 is 0 Å². The lowest BCUT2D eigenvalue weighted by Crippen LogP contribution is -2.41. The first-order valence-corrected chi connectivity index (χ1v) is 9.88. The molecule has 0 heterocycles. The van der Waals surface area contributed by atoms with Crippen LogP contribution in [0.2, 0.25) is 0 Å². The maximum absolute atomic E-state index is 12.4. The van der Waals surface area contributed by atoms with E-state index in [-0.39, 0.29) is 10.7 Å². The van der Waals surface area contributed by atoms with Crippen LogP contribution in [0.25, 0.3) is 0 Å². The van der Waals surface area contributed by atoms with Gasteiger partial charge < -0.3 is 10.1 Å². The zero-order chi connectivity index (χ0) is 20.0. The molecule has 2 aromatic carbocycles. The van der Waals surface area contributed by atoms with Gasteiger partial charge in [0.2, 0.25) is 15.9 Å². The SMILES string of the molecule is CCOc1ccc(S(=O)(=O)N[C@H](C)C(=O)Nc2cccc(C(C)=O)c2)cc1. The third-order valence-corrected chi connectivity index (χ3v) is 5.26. The van der Waals surface area contributed by atoms with Gasteiger partial charge in [0.15, 0.2) is 5.78 Å². The van der Waals surface area contributed by atoms with Crippen LogP contribution in [0.3, 0.4) is 0 Å². The Labute approximate surface area is 158 Å². The molecule has 0 aromatic heterocycles. The standard InChI is InChI=1S/C19H22N2O5S/c1-4-26-17-8-10-18(11-9-17)27(24,25)21-13(2)19(23)20-16-7-5-6-15(12-16)14(3)22/h5-13,21H,4H2,1-3H3,(H,20,23)/t13-/m1/s1. The number of nitrogens with one attached hydrogen (secondary N) is 2. The van der Waals surface area contributed by atoms with Crippen molar-refractivity contribution in [2.24, 2.45) is 0 Å². The van der Waals surface area contributed by atoms with Crippen molar-refractivity contribution in [2.75, 3.05) is 11.9 Å². The second-order valence-electron chi connectivity index (χ2n) is 5.87. The van der Waals surface area contributed by atoms with E-state index in [4.69, 9.17) is 4.74 Å². The first kappa shape index (κ1) is 20.6. The number of benzene rings is 2. The highest BCUT2D eigenvalue weighted by Gasteiger charge is 2.22. The molecule has 0 saturated heterocycles. The van der Waals surface area contributed by atoms with Gasteiger partial charge in [0, 0.05) is 11.3 Å². The molecule has 0 aliphatic carbocycles. The minimum atomic E-state index is -3.87. The summed E-state index contributed by atoms with van der Waals surface area (Å²) in [6, 6.07) is 11.3. The third kappa shape index (κ3) is 5.63. The highest BCUT2D eigenvalue weighted by atomic mass is 32.2. The molecule has 7 nitrogen and oxygen atoms in total. The largest absolute Gasteiger partial charge is 0.494 e. The van der Waals surface area contributed by atoms with E-state index in [1.807, 2.05) is 6.92 Å². The molecule has 0 bridgehead atoms. The van der Waals surface area contributed by atoms with Gasteiger partial charge in [-0.2, -0.15) is 4.72 Å². The summed E-state index contributed by atoms with van der Waals surface area (Å²) < 4.78 is 32.5. The van der Waals surface area contributed by atoms with E-state index in [1.165, 1.54) is 32.0 Å². The number of Topliss-reactive ketones (excluding diaryl/α,β-unsaturated/α-hetero) is 1. The molecule has 2 rings (SSSR count). The third-order valence-electron chi connectivity index (χ3n) is 3.71. The number of rotatable bonds is 8. The number of ketones is 1. The second kappa shape index (κ2) is 8.79. The van der Waals surface area contributed by atoms with Crippen molar-refractivity contribution >= 4 is 27.4 Å². The fourth-order valence-corrected chi connectivity index (χ4v) is 3.51. The van der Waals surface area contributed by atoms with Crippen LogP contribution in [0.1, 0.15) is 31.1 Å². The molecule has 0 aliphatic heterocycles. The average Bonchev–Trinajstić information content (AvgIpc) is 2.62. The summed E-state index contributed by atoms with van der Waals surface area (Å²) >= 11 is 0. The fourth-order valence-electron chi connectivity index (χ4n) is 2.30. The van der Waals surface area contributed by atoms with Crippen LogP contribution in [-0.4, -0.2) is 32.8 Å². The quantitative estimate of drug-likeness (QED) is 0.675. The van der Waals surface area contributed by atoms with Crippen molar-refractivity contribution in [3.63, 3.8) is 0 Å². The van der Waals surface area contributed by atoms with Gasteiger partial charge >= 0.3 is 0 Å². The van der Waals surface area contributed by atoms with Crippen LogP contribution in [0.4, 0.5) is 5.69 Å². The number of hydrogen-bond donors (Lipinski definition) is 2. The molecular weight excluding hydrogens is 368 g/mol. The van der Waals surface area contributed by atoms with Gasteiger partial charge in [-0.15, -0.1) is 0 Å². The highest BCUT2D eigenvalue weighted by Crippen LogP contribution is 2.17. The Bertz CT molecular complexity index is 923. The van der Waals surface area contributed by atoms with Crippen molar-refractivity contribution < 1.29 is 22.7 Å². The van der Waals surface area contributed by atoms with Gasteiger partial charge in [0.1, 0.15) is 5.75 Å². The van der Waals surface area contributed by atoms with E-state index in [1.54, 1.807) is 30.3 Å². The van der Waals surface area contributed by atoms with Gasteiger partial charge in [-0.3, -0.25) is 9.59 Å². The smallest absolute Gasteiger partial charge is 0.242 e. The van der Waals surface area contributed by atoms with Crippen molar-refractivity contribution in [3.05, 3.63) is 54.1 Å². The Balaban J connectivity index is 2.06. The highest BCUT2D eigenvalue weighted by molar-refractivity contribution is 7.89. The van der Waals surface area contributed by atoms with Crippen LogP contribution in [0, 0.1) is 0 Å². The average molecular weight is 390 g/mol. The summed E-state index contributed by atoms with van der Waals surface area (Å²) in [4.78, 5) is 23.7. The van der Waals surface area contributed by atoms with Crippen LogP contribution in [-0.2, 0) is 14.8 Å². The summed E-state index contributed by atoms with van der Waals surface area (Å²) in [5.41, 5.74) is 0.871. The lowest BCUT2D eigenvalue weighted by atomic mass is 10.1. The van der Waals surface area contributed by atoms with E-state index in [0.717, 1.165) is 0 Å². The minimum absolute atomic E-state index is 0.0316. The summed E-state index contributed by atoms with van der Waals surface area (Å²) in [7, 11) is -3.87. The predicted octanol–water partition coefficient (Wildman–Crippen LogP) is 2.59. The van der Waals surface area contributed by atoms with Gasteiger partial charge in [-0.25, -0.2) is 8.42 Å². The lowest BCUT2D eigenvalue weighted by molar-refractivity contribution is -0.117. The molecule has 8 heteroatoms. The maximum Gasteiger partial charge on any atom is 0.242 e. The Morgan fingerprint density at radius 2 is 1.78 bits per heavy atom. The zero-order valence-electron chi connectivity index (χ0n) is 15.4. The number of anilines is 1. The Morgan fingerprint density at radius 3 is 2.37 bits per heavy atom. The fraction of sp³-hybridized carbons (Fsp3) is 0.263. The first-order valence-electron chi connectivity index (χ1n) is 8.40. The zero-order valence-corrected chi connectivity index (χ0v) is 16.2. The Hall–Kier alpha value is -2.71. The molecule has 0 aliphatic rings. The van der Waals surface area contributed by atoms with Crippen LogP contribution in [0.15, 0.2) is 53.4 Å². The lowest BCUT2D eigenvalue weighted by Gasteiger charge is -2.15. The van der Waals surface area contributed by atoms with Crippen molar-refractivity contribution in [2.45, 2.75) is 31.7 Å². The summed E-state index contributed by atoms with van der Waals surface area (Å²) in [5, 5.41) is 2.60. The summed E-state index contributed by atoms with van der Waals surface area (Å²) in [5.74, 6) is -0.104. The van der Waals surface area contributed by atoms with Gasteiger partial charge in [-0.05, 0) is 57.2 Å². The molecular formula is C19H22N2O5S. The monoisotopic (exact) mass is 390 g/mol. The van der Waals surface area contributed by atoms with E-state index < -0.39 is 22.0 Å². The molecule has 0 spiro atoms. The molecule has 0 saturated carbocycles. The molecule has 0 fully saturated rings. The molecule has 0 unspecified atom stereocenters. The minimum Gasteiger partial charge on any atom is -0.494 e. The van der Waals surface area contributed by atoms with Crippen molar-refractivity contribution in [1.29, 1.82) is 0 Å². The number of hydrogen-bond acceptors (Lipinski definition) is 5. The summed E-state index contributed by atoms with van der Waals surface area (Å²) in [6.45, 7) is 5.18. The first-order chi connectivity index (χ1) is 12.7. The number of carbonyl (C=O) groups excluding carboxylic acids is 2. The van der Waals surface area contributed by atoms with E-state index in [9.17, 15) is 18.0 Å². The normalized spacial score (nSPS) is 12.3. The number of ether oxygens (including phenoxy) is 1. The Morgan fingerprint density at radius 1 is 1.11 bits per heavy atom. The molecule has 2 N–H and O–H groups in total. The molecule has 1 amide bonds. The van der Waals surface area contributed by atoms with Gasteiger partial charge in [0.25, 0.3) is 0 Å². The van der Waals surface area contributed by atoms with E-state index in [0.29, 0.717) is 23.6 Å². The second-order valence-corrected chi connectivity index (χ2v) is 7.59.